The predicted molar refractivity (Wildman–Crippen MR) is 134 cm³/mol. The largest absolute Gasteiger partial charge is 0.508 e. The van der Waals surface area contributed by atoms with Gasteiger partial charge in [-0.2, -0.15) is 0 Å². The molecule has 0 aliphatic carbocycles. The summed E-state index contributed by atoms with van der Waals surface area (Å²) in [6.07, 6.45) is 0. The smallest absolute Gasteiger partial charge is 0.340 e. The quantitative estimate of drug-likeness (QED) is 0.177. The molecule has 12 heteroatoms. The van der Waals surface area contributed by atoms with Crippen molar-refractivity contribution in [3.05, 3.63) is 121 Å². The van der Waals surface area contributed by atoms with E-state index in [0.717, 1.165) is 12.1 Å². The second kappa shape index (κ2) is 9.03. The van der Waals surface area contributed by atoms with Crippen molar-refractivity contribution in [2.24, 2.45) is 0 Å². The average molecular weight is 530 g/mol. The maximum Gasteiger partial charge on any atom is 0.340 e. The molecule has 6 rings (SSSR count). The highest BCUT2D eigenvalue weighted by Crippen LogP contribution is 2.56. The molecule has 0 saturated carbocycles. The Balaban J connectivity index is 0.000000189. The molecular formula is C27H18N2O10. The Morgan fingerprint density at radius 3 is 1.92 bits per heavy atom. The highest BCUT2D eigenvalue weighted by Gasteiger charge is 2.53. The van der Waals surface area contributed by atoms with Gasteiger partial charge in [-0.1, -0.05) is 18.2 Å². The molecule has 2 aliphatic heterocycles. The van der Waals surface area contributed by atoms with Crippen LogP contribution in [-0.4, -0.2) is 31.1 Å². The van der Waals surface area contributed by atoms with Crippen molar-refractivity contribution in [2.45, 2.75) is 12.5 Å². The summed E-state index contributed by atoms with van der Waals surface area (Å²) >= 11 is 0. The highest BCUT2D eigenvalue weighted by molar-refractivity contribution is 5.97. The number of carbonyl (C=O) groups is 1. The number of aromatic hydroxyl groups is 3. The Kier molecular flexibility index (Phi) is 5.79. The van der Waals surface area contributed by atoms with E-state index in [-0.39, 0.29) is 17.1 Å². The molecule has 4 aromatic carbocycles. The topological polar surface area (TPSA) is 182 Å². The minimum absolute atomic E-state index is 0.0371. The van der Waals surface area contributed by atoms with Crippen LogP contribution in [-0.2, 0) is 10.3 Å². The molecular weight excluding hydrogens is 512 g/mol. The summed E-state index contributed by atoms with van der Waals surface area (Å²) in [6, 6.07) is 18.4. The molecule has 0 unspecified atom stereocenters. The summed E-state index contributed by atoms with van der Waals surface area (Å²) < 4.78 is 11.8. The summed E-state index contributed by atoms with van der Waals surface area (Å²) in [4.78, 5) is 31.6. The number of nitro benzene ring substituents is 2. The molecule has 0 aromatic heterocycles. The van der Waals surface area contributed by atoms with Gasteiger partial charge in [-0.05, 0) is 37.3 Å². The highest BCUT2D eigenvalue weighted by atomic mass is 16.6. The van der Waals surface area contributed by atoms with Gasteiger partial charge in [-0.15, -0.1) is 0 Å². The molecule has 0 amide bonds. The van der Waals surface area contributed by atoms with E-state index in [1.54, 1.807) is 24.3 Å². The normalized spacial score (nSPS) is 13.6. The number of phenolic OH excluding ortho intramolecular Hbond substituents is 3. The van der Waals surface area contributed by atoms with Crippen LogP contribution in [0, 0.1) is 27.2 Å². The van der Waals surface area contributed by atoms with Crippen LogP contribution in [0.1, 0.15) is 32.6 Å². The number of hydrogen-bond donors (Lipinski definition) is 3. The van der Waals surface area contributed by atoms with E-state index >= 15 is 0 Å². The lowest BCUT2D eigenvalue weighted by molar-refractivity contribution is -0.394. The van der Waals surface area contributed by atoms with Gasteiger partial charge in [0.05, 0.1) is 21.5 Å². The third-order valence-electron chi connectivity index (χ3n) is 6.35. The molecule has 0 radical (unpaired) electrons. The number of esters is 1. The Bertz CT molecular complexity index is 1650. The van der Waals surface area contributed by atoms with Gasteiger partial charge in [0.15, 0.2) is 11.4 Å². The second-order valence-corrected chi connectivity index (χ2v) is 8.72. The summed E-state index contributed by atoms with van der Waals surface area (Å²) in [6.45, 7) is 1.36. The number of phenols is 3. The number of fused-ring (bicyclic) bond motifs is 6. The number of hydrogen-bond acceptors (Lipinski definition) is 10. The van der Waals surface area contributed by atoms with Crippen LogP contribution in [0.3, 0.4) is 0 Å². The van der Waals surface area contributed by atoms with E-state index in [0.29, 0.717) is 33.8 Å². The Morgan fingerprint density at radius 1 is 0.769 bits per heavy atom. The number of carbonyl (C=O) groups excluding carboxylic acids is 1. The van der Waals surface area contributed by atoms with Gasteiger partial charge < -0.3 is 24.8 Å². The number of rotatable bonds is 2. The van der Waals surface area contributed by atoms with Crippen LogP contribution in [0.15, 0.2) is 72.8 Å². The molecule has 39 heavy (non-hydrogen) atoms. The molecule has 0 atom stereocenters. The maximum absolute atomic E-state index is 12.5. The summed E-state index contributed by atoms with van der Waals surface area (Å²) in [5, 5.41) is 49.6. The van der Waals surface area contributed by atoms with E-state index in [2.05, 4.69) is 0 Å². The second-order valence-electron chi connectivity index (χ2n) is 8.72. The summed E-state index contributed by atoms with van der Waals surface area (Å²) in [7, 11) is 0. The fraction of sp³-hybridized carbons (Fsp3) is 0.0741. The molecule has 12 nitrogen and oxygen atoms in total. The lowest BCUT2D eigenvalue weighted by Crippen LogP contribution is -2.32. The fourth-order valence-corrected chi connectivity index (χ4v) is 4.64. The predicted octanol–water partition coefficient (Wildman–Crippen LogP) is 5.18. The fourth-order valence-electron chi connectivity index (χ4n) is 4.64. The minimum Gasteiger partial charge on any atom is -0.508 e. The number of non-ortho nitro benzene ring substituents is 1. The number of nitrogens with zero attached hydrogens (tertiary/aromatic N) is 2. The zero-order valence-corrected chi connectivity index (χ0v) is 20.0. The maximum atomic E-state index is 12.5. The zero-order valence-electron chi connectivity index (χ0n) is 20.0. The Hall–Kier alpha value is -5.65. The van der Waals surface area contributed by atoms with Crippen molar-refractivity contribution in [1.29, 1.82) is 0 Å². The van der Waals surface area contributed by atoms with Gasteiger partial charge in [-0.25, -0.2) is 4.79 Å². The molecule has 0 saturated heterocycles. The monoisotopic (exact) mass is 530 g/mol. The number of aryl methyl sites for hydroxylation is 1. The van der Waals surface area contributed by atoms with Crippen molar-refractivity contribution in [3.8, 4) is 28.7 Å². The van der Waals surface area contributed by atoms with Gasteiger partial charge in [0, 0.05) is 40.5 Å². The van der Waals surface area contributed by atoms with Crippen LogP contribution in [0.25, 0.3) is 0 Å². The summed E-state index contributed by atoms with van der Waals surface area (Å²) in [5.41, 5.74) is 0.320. The third-order valence-corrected chi connectivity index (χ3v) is 6.35. The molecule has 0 bridgehead atoms. The molecule has 2 aliphatic rings. The van der Waals surface area contributed by atoms with Gasteiger partial charge >= 0.3 is 11.7 Å². The van der Waals surface area contributed by atoms with Crippen LogP contribution < -0.4 is 4.74 Å². The zero-order chi connectivity index (χ0) is 28.1. The molecule has 4 aromatic rings. The minimum atomic E-state index is -1.17. The first-order valence-corrected chi connectivity index (χ1v) is 11.3. The van der Waals surface area contributed by atoms with Crippen molar-refractivity contribution in [3.63, 3.8) is 0 Å². The molecule has 2 heterocycles. The first-order valence-electron chi connectivity index (χ1n) is 11.3. The van der Waals surface area contributed by atoms with Gasteiger partial charge in [-0.3, -0.25) is 20.2 Å². The van der Waals surface area contributed by atoms with Crippen molar-refractivity contribution >= 4 is 17.3 Å². The number of benzene rings is 4. The third kappa shape index (κ3) is 4.00. The van der Waals surface area contributed by atoms with E-state index in [1.807, 2.05) is 12.1 Å². The Morgan fingerprint density at radius 2 is 1.36 bits per heavy atom. The first kappa shape index (κ1) is 25.0. The van der Waals surface area contributed by atoms with Gasteiger partial charge in [0.25, 0.3) is 5.69 Å². The lowest BCUT2D eigenvalue weighted by atomic mass is 9.77. The van der Waals surface area contributed by atoms with E-state index in [9.17, 15) is 40.3 Å². The molecule has 1 spiro atoms. The van der Waals surface area contributed by atoms with Crippen LogP contribution in [0.4, 0.5) is 11.4 Å². The average Bonchev–Trinajstić information content (AvgIpc) is 3.18. The van der Waals surface area contributed by atoms with Crippen molar-refractivity contribution < 1.29 is 39.4 Å². The SMILES string of the molecule is Cc1cc([N+](=O)[O-])cc([N+](=O)[O-])c1O.O=C1OC2(c3ccc(O)cc3Oc3cc(O)ccc32)c2ccccc21. The van der Waals surface area contributed by atoms with Crippen molar-refractivity contribution in [2.75, 3.05) is 0 Å². The molecule has 0 fully saturated rings. The van der Waals surface area contributed by atoms with Gasteiger partial charge in [0.2, 0.25) is 0 Å². The summed E-state index contributed by atoms with van der Waals surface area (Å²) in [5.74, 6) is -0.133. The molecule has 3 N–H and O–H groups in total. The van der Waals surface area contributed by atoms with E-state index in [1.165, 1.54) is 31.2 Å². The Labute approximate surface area is 219 Å². The van der Waals surface area contributed by atoms with E-state index < -0.39 is 38.5 Å². The van der Waals surface area contributed by atoms with Crippen LogP contribution in [0.5, 0.6) is 28.7 Å². The van der Waals surface area contributed by atoms with Crippen LogP contribution in [0.2, 0.25) is 0 Å². The van der Waals surface area contributed by atoms with Gasteiger partial charge in [0.1, 0.15) is 23.0 Å². The number of ether oxygens (including phenoxy) is 2. The van der Waals surface area contributed by atoms with E-state index in [4.69, 9.17) is 9.47 Å². The lowest BCUT2D eigenvalue weighted by Gasteiger charge is -2.36. The standard InChI is InChI=1S/C20H12O5.C7H6N2O5/c21-11-5-7-15-17(9-11)24-18-10-12(22)6-8-16(18)20(15)14-4-2-1-3-13(14)19(23)25-20;1-4-2-5(8(11)12)3-6(7(4)10)9(13)14/h1-10,21-22H;2-3,10H,1H3. The first-order chi connectivity index (χ1) is 18.5. The molecule has 196 valence electrons. The number of nitro groups is 2. The van der Waals surface area contributed by atoms with Crippen LogP contribution >= 0.6 is 0 Å². The van der Waals surface area contributed by atoms with Crippen molar-refractivity contribution in [1.82, 2.24) is 0 Å².